The zero-order valence-corrected chi connectivity index (χ0v) is 13.0. The van der Waals surface area contributed by atoms with Gasteiger partial charge in [0.15, 0.2) is 4.67 Å². The molecule has 0 aliphatic carbocycles. The Kier molecular flexibility index (Phi) is 5.90. The molecule has 1 N–H and O–H groups in total. The van der Waals surface area contributed by atoms with Crippen molar-refractivity contribution in [2.75, 3.05) is 13.1 Å². The van der Waals surface area contributed by atoms with Crippen LogP contribution in [0.4, 0.5) is 0 Å². The number of hydrogen-bond donors (Lipinski definition) is 1. The molecule has 0 unspecified atom stereocenters. The van der Waals surface area contributed by atoms with E-state index in [0.29, 0.717) is 0 Å². The summed E-state index contributed by atoms with van der Waals surface area (Å²) in [6.07, 6.45) is -0.0994. The Hall–Kier alpha value is -1.88. The summed E-state index contributed by atoms with van der Waals surface area (Å²) in [7, 11) is -4.06. The molecule has 1 heterocycles. The van der Waals surface area contributed by atoms with Gasteiger partial charge in [-0.3, -0.25) is 0 Å². The first-order chi connectivity index (χ1) is 9.84. The zero-order chi connectivity index (χ0) is 16.0. The molecule has 0 radical (unpaired) electrons. The third-order valence-corrected chi connectivity index (χ3v) is 5.19. The van der Waals surface area contributed by atoms with Gasteiger partial charge in [0.05, 0.1) is 12.1 Å². The lowest BCUT2D eigenvalue weighted by atomic mass is 10.4. The number of furan rings is 1. The average Bonchev–Trinajstić information content (AvgIpc) is 2.81. The van der Waals surface area contributed by atoms with Gasteiger partial charge in [-0.05, 0) is 15.9 Å². The molecule has 1 rings (SSSR count). The smallest absolute Gasteiger partial charge is 0.371 e. The lowest BCUT2D eigenvalue weighted by molar-refractivity contribution is 0.0661. The van der Waals surface area contributed by atoms with E-state index < -0.39 is 21.8 Å². The molecular weight excluding hydrogens is 366 g/mol. The SMILES string of the molecule is N#CCCN(CCC#N)S(=O)(=O)c1cc(C(=O)O)oc1Br. The molecule has 0 bridgehead atoms. The van der Waals surface area contributed by atoms with E-state index in [-0.39, 0.29) is 35.5 Å². The third-order valence-electron chi connectivity index (χ3n) is 2.43. The van der Waals surface area contributed by atoms with Crippen molar-refractivity contribution < 1.29 is 22.7 Å². The Balaban J connectivity index is 3.19. The fourth-order valence-corrected chi connectivity index (χ4v) is 3.82. The summed E-state index contributed by atoms with van der Waals surface area (Å²) in [6, 6.07) is 4.52. The number of hydrogen-bond acceptors (Lipinski definition) is 6. The van der Waals surface area contributed by atoms with Gasteiger partial charge in [-0.15, -0.1) is 0 Å². The van der Waals surface area contributed by atoms with Crippen molar-refractivity contribution in [1.29, 1.82) is 10.5 Å². The van der Waals surface area contributed by atoms with Gasteiger partial charge in [0.2, 0.25) is 15.8 Å². The Morgan fingerprint density at radius 1 is 1.33 bits per heavy atom. The lowest BCUT2D eigenvalue weighted by Crippen LogP contribution is -2.32. The Morgan fingerprint density at radius 2 is 1.86 bits per heavy atom. The fraction of sp³-hybridized carbons (Fsp3) is 0.364. The van der Waals surface area contributed by atoms with Gasteiger partial charge >= 0.3 is 5.97 Å². The summed E-state index contributed by atoms with van der Waals surface area (Å²) >= 11 is 2.86. The highest BCUT2D eigenvalue weighted by Crippen LogP contribution is 2.29. The van der Waals surface area contributed by atoms with Crippen molar-refractivity contribution in [2.24, 2.45) is 0 Å². The second-order valence-electron chi connectivity index (χ2n) is 3.77. The standard InChI is InChI=1S/C11H10BrN3O5S/c12-10-9(7-8(20-10)11(16)17)21(18,19)15(5-1-3-13)6-2-4-14/h7H,1-2,5-6H2,(H,16,17). The zero-order valence-electron chi connectivity index (χ0n) is 10.6. The van der Waals surface area contributed by atoms with E-state index in [1.807, 2.05) is 12.1 Å². The molecule has 10 heteroatoms. The maximum atomic E-state index is 12.4. The van der Waals surface area contributed by atoms with E-state index in [9.17, 15) is 13.2 Å². The fourth-order valence-electron chi connectivity index (χ4n) is 1.47. The van der Waals surface area contributed by atoms with Gasteiger partial charge in [-0.25, -0.2) is 13.2 Å². The number of sulfonamides is 1. The van der Waals surface area contributed by atoms with Crippen LogP contribution in [0.25, 0.3) is 0 Å². The van der Waals surface area contributed by atoms with Crippen LogP contribution in [0.2, 0.25) is 0 Å². The van der Waals surface area contributed by atoms with Crippen molar-refractivity contribution in [3.63, 3.8) is 0 Å². The highest BCUT2D eigenvalue weighted by atomic mass is 79.9. The minimum absolute atomic E-state index is 0.0497. The van der Waals surface area contributed by atoms with Crippen molar-refractivity contribution >= 4 is 31.9 Å². The summed E-state index contributed by atoms with van der Waals surface area (Å²) in [4.78, 5) is 10.4. The van der Waals surface area contributed by atoms with Crippen molar-refractivity contribution in [2.45, 2.75) is 17.7 Å². The number of nitrogens with zero attached hydrogens (tertiary/aromatic N) is 3. The normalized spacial score (nSPS) is 11.0. The van der Waals surface area contributed by atoms with E-state index >= 15 is 0 Å². The van der Waals surface area contributed by atoms with Gasteiger partial charge in [0, 0.05) is 32.0 Å². The molecule has 1 aromatic rings. The topological polar surface area (TPSA) is 135 Å². The molecule has 0 saturated carbocycles. The molecule has 0 aromatic carbocycles. The van der Waals surface area contributed by atoms with Crippen molar-refractivity contribution in [3.05, 3.63) is 16.5 Å². The number of carbonyl (C=O) groups is 1. The molecule has 21 heavy (non-hydrogen) atoms. The van der Waals surface area contributed by atoms with E-state index in [0.717, 1.165) is 10.4 Å². The monoisotopic (exact) mass is 375 g/mol. The minimum atomic E-state index is -4.06. The molecule has 112 valence electrons. The molecule has 8 nitrogen and oxygen atoms in total. The summed E-state index contributed by atoms with van der Waals surface area (Å²) < 4.78 is 30.4. The van der Waals surface area contributed by atoms with E-state index in [1.54, 1.807) is 0 Å². The second-order valence-corrected chi connectivity index (χ2v) is 6.40. The maximum absolute atomic E-state index is 12.4. The molecule has 0 atom stereocenters. The van der Waals surface area contributed by atoms with Gasteiger partial charge in [0.1, 0.15) is 4.90 Å². The van der Waals surface area contributed by atoms with Gasteiger partial charge in [-0.1, -0.05) is 0 Å². The van der Waals surface area contributed by atoms with E-state index in [2.05, 4.69) is 15.9 Å². The van der Waals surface area contributed by atoms with Crippen LogP contribution in [0.3, 0.4) is 0 Å². The Labute approximate surface area is 129 Å². The third kappa shape index (κ3) is 4.04. The number of carboxylic acids is 1. The first-order valence-corrected chi connectivity index (χ1v) is 7.84. The quantitative estimate of drug-likeness (QED) is 0.763. The lowest BCUT2D eigenvalue weighted by Gasteiger charge is -2.18. The summed E-state index contributed by atoms with van der Waals surface area (Å²) in [5, 5.41) is 25.9. The summed E-state index contributed by atoms with van der Waals surface area (Å²) in [6.45, 7) is -0.193. The number of halogens is 1. The van der Waals surface area contributed by atoms with Gasteiger partial charge in [0.25, 0.3) is 0 Å². The highest BCUT2D eigenvalue weighted by molar-refractivity contribution is 9.10. The maximum Gasteiger partial charge on any atom is 0.371 e. The van der Waals surface area contributed by atoms with E-state index in [4.69, 9.17) is 20.0 Å². The molecule has 0 saturated heterocycles. The number of carboxylic acid groups (broad SMARTS) is 1. The molecule has 0 fully saturated rings. The highest BCUT2D eigenvalue weighted by Gasteiger charge is 2.30. The summed E-state index contributed by atoms with van der Waals surface area (Å²) in [5.74, 6) is -1.93. The predicted octanol–water partition coefficient (Wildman–Crippen LogP) is 1.56. The summed E-state index contributed by atoms with van der Waals surface area (Å²) in [5.41, 5.74) is 0. The molecular formula is C11H10BrN3O5S. The molecule has 0 spiro atoms. The van der Waals surface area contributed by atoms with E-state index in [1.165, 1.54) is 0 Å². The number of rotatable bonds is 7. The van der Waals surface area contributed by atoms with Crippen LogP contribution >= 0.6 is 15.9 Å². The predicted molar refractivity (Wildman–Crippen MR) is 72.6 cm³/mol. The number of nitriles is 2. The van der Waals surface area contributed by atoms with Crippen LogP contribution in [0.1, 0.15) is 23.4 Å². The minimum Gasteiger partial charge on any atom is -0.475 e. The molecule has 0 aliphatic heterocycles. The van der Waals surface area contributed by atoms with Crippen molar-refractivity contribution in [3.8, 4) is 12.1 Å². The average molecular weight is 376 g/mol. The van der Waals surface area contributed by atoms with Gasteiger partial charge < -0.3 is 9.52 Å². The Morgan fingerprint density at radius 3 is 2.24 bits per heavy atom. The molecule has 1 aromatic heterocycles. The van der Waals surface area contributed by atoms with Crippen LogP contribution in [0.15, 0.2) is 20.0 Å². The number of aromatic carboxylic acids is 1. The van der Waals surface area contributed by atoms with Crippen LogP contribution in [-0.2, 0) is 10.0 Å². The second kappa shape index (κ2) is 7.22. The van der Waals surface area contributed by atoms with Crippen LogP contribution in [0, 0.1) is 22.7 Å². The first-order valence-electron chi connectivity index (χ1n) is 5.61. The molecule has 0 aliphatic rings. The largest absolute Gasteiger partial charge is 0.475 e. The van der Waals surface area contributed by atoms with Crippen molar-refractivity contribution in [1.82, 2.24) is 4.31 Å². The van der Waals surface area contributed by atoms with Crippen LogP contribution in [0.5, 0.6) is 0 Å². The van der Waals surface area contributed by atoms with Gasteiger partial charge in [-0.2, -0.15) is 14.8 Å². The first kappa shape index (κ1) is 17.2. The van der Waals surface area contributed by atoms with Crippen LogP contribution in [-0.4, -0.2) is 36.9 Å². The molecule has 0 amide bonds. The van der Waals surface area contributed by atoms with Crippen LogP contribution < -0.4 is 0 Å². The Bertz CT molecular complexity index is 695.